The summed E-state index contributed by atoms with van der Waals surface area (Å²) in [5.74, 6) is 0. The van der Waals surface area contributed by atoms with Gasteiger partial charge >= 0.3 is 0 Å². The van der Waals surface area contributed by atoms with Crippen molar-refractivity contribution in [3.8, 4) is 0 Å². The topological polar surface area (TPSA) is 15.3 Å². The van der Waals surface area contributed by atoms with Crippen molar-refractivity contribution in [3.63, 3.8) is 0 Å². The van der Waals surface area contributed by atoms with E-state index < -0.39 is 0 Å². The van der Waals surface area contributed by atoms with Crippen LogP contribution in [0.25, 0.3) is 0 Å². The average molecular weight is 252 g/mol. The number of nitrogens with zero attached hydrogens (tertiary/aromatic N) is 1. The second-order valence-corrected chi connectivity index (χ2v) is 7.25. The molecular formula is C14H24N2S. The van der Waals surface area contributed by atoms with Gasteiger partial charge in [-0.15, -0.1) is 11.3 Å². The maximum atomic E-state index is 3.54. The third-order valence-electron chi connectivity index (χ3n) is 3.46. The van der Waals surface area contributed by atoms with Crippen molar-refractivity contribution in [2.45, 2.75) is 33.7 Å². The van der Waals surface area contributed by atoms with Gasteiger partial charge in [-0.05, 0) is 37.4 Å². The Bertz CT molecular complexity index is 357. The van der Waals surface area contributed by atoms with Crippen LogP contribution in [0.15, 0.2) is 12.1 Å². The van der Waals surface area contributed by atoms with E-state index in [1.165, 1.54) is 35.8 Å². The fourth-order valence-corrected chi connectivity index (χ4v) is 3.30. The van der Waals surface area contributed by atoms with Gasteiger partial charge in [0.15, 0.2) is 0 Å². The van der Waals surface area contributed by atoms with Gasteiger partial charge in [0.2, 0.25) is 0 Å². The molecule has 0 aromatic carbocycles. The molecule has 96 valence electrons. The molecule has 1 fully saturated rings. The zero-order chi connectivity index (χ0) is 12.3. The minimum Gasteiger partial charge on any atom is -0.311 e. The molecule has 2 nitrogen and oxygen atoms in total. The van der Waals surface area contributed by atoms with Gasteiger partial charge in [0.1, 0.15) is 0 Å². The third kappa shape index (κ3) is 4.09. The van der Waals surface area contributed by atoms with Crippen LogP contribution in [0.5, 0.6) is 0 Å². The van der Waals surface area contributed by atoms with Crippen molar-refractivity contribution in [2.24, 2.45) is 5.41 Å². The van der Waals surface area contributed by atoms with Crippen molar-refractivity contribution < 1.29 is 0 Å². The minimum absolute atomic E-state index is 0.533. The first-order valence-corrected chi connectivity index (χ1v) is 7.35. The smallest absolute Gasteiger partial charge is 0.0300 e. The van der Waals surface area contributed by atoms with Crippen molar-refractivity contribution in [2.75, 3.05) is 26.2 Å². The molecule has 1 saturated heterocycles. The number of thiophene rings is 1. The van der Waals surface area contributed by atoms with Crippen LogP contribution in [0.4, 0.5) is 0 Å². The van der Waals surface area contributed by atoms with E-state index in [2.05, 4.69) is 43.1 Å². The van der Waals surface area contributed by atoms with Gasteiger partial charge in [-0.1, -0.05) is 13.8 Å². The summed E-state index contributed by atoms with van der Waals surface area (Å²) in [7, 11) is 0. The molecule has 0 spiro atoms. The van der Waals surface area contributed by atoms with E-state index in [-0.39, 0.29) is 0 Å². The molecule has 17 heavy (non-hydrogen) atoms. The normalized spacial score (nSPS) is 19.9. The molecule has 3 heteroatoms. The van der Waals surface area contributed by atoms with Crippen LogP contribution in [0.3, 0.4) is 0 Å². The zero-order valence-electron chi connectivity index (χ0n) is 11.3. The first-order valence-electron chi connectivity index (χ1n) is 6.54. The predicted octanol–water partition coefficient (Wildman–Crippen LogP) is 2.88. The van der Waals surface area contributed by atoms with Gasteiger partial charge in [0.25, 0.3) is 0 Å². The largest absolute Gasteiger partial charge is 0.311 e. The molecule has 1 N–H and O–H groups in total. The number of rotatable bonds is 5. The lowest BCUT2D eigenvalue weighted by Crippen LogP contribution is -2.31. The Labute approximate surface area is 109 Å². The first-order chi connectivity index (χ1) is 8.05. The summed E-state index contributed by atoms with van der Waals surface area (Å²) in [6.07, 6.45) is 1.34. The van der Waals surface area contributed by atoms with Gasteiger partial charge in [0, 0.05) is 35.9 Å². The van der Waals surface area contributed by atoms with E-state index in [0.29, 0.717) is 5.41 Å². The second-order valence-electron chi connectivity index (χ2n) is 5.88. The molecule has 0 saturated carbocycles. The monoisotopic (exact) mass is 252 g/mol. The zero-order valence-corrected chi connectivity index (χ0v) is 12.1. The molecule has 1 aromatic rings. The van der Waals surface area contributed by atoms with E-state index in [1.54, 1.807) is 0 Å². The lowest BCUT2D eigenvalue weighted by molar-refractivity contribution is 0.290. The number of nitrogens with one attached hydrogen (secondary N) is 1. The number of hydrogen-bond donors (Lipinski definition) is 1. The fraction of sp³-hybridized carbons (Fsp3) is 0.714. The lowest BCUT2D eigenvalue weighted by Gasteiger charge is -2.19. The molecule has 1 aromatic heterocycles. The summed E-state index contributed by atoms with van der Waals surface area (Å²) >= 11 is 1.89. The molecule has 0 radical (unpaired) electrons. The Morgan fingerprint density at radius 1 is 1.41 bits per heavy atom. The molecule has 1 aliphatic heterocycles. The molecule has 0 unspecified atom stereocenters. The van der Waals surface area contributed by atoms with Crippen LogP contribution in [-0.2, 0) is 6.54 Å². The molecule has 0 aliphatic carbocycles. The van der Waals surface area contributed by atoms with Gasteiger partial charge in [0.05, 0.1) is 0 Å². The highest BCUT2D eigenvalue weighted by Gasteiger charge is 2.28. The molecule has 0 atom stereocenters. The Morgan fingerprint density at radius 2 is 2.24 bits per heavy atom. The molecule has 0 bridgehead atoms. The first kappa shape index (κ1) is 13.1. The van der Waals surface area contributed by atoms with Gasteiger partial charge in [-0.2, -0.15) is 0 Å². The van der Waals surface area contributed by atoms with Gasteiger partial charge in [-0.3, -0.25) is 0 Å². The summed E-state index contributed by atoms with van der Waals surface area (Å²) < 4.78 is 0. The highest BCUT2D eigenvalue weighted by molar-refractivity contribution is 7.11. The van der Waals surface area contributed by atoms with Crippen molar-refractivity contribution >= 4 is 11.3 Å². The summed E-state index contributed by atoms with van der Waals surface area (Å²) in [5.41, 5.74) is 0.533. The predicted molar refractivity (Wildman–Crippen MR) is 75.6 cm³/mol. The van der Waals surface area contributed by atoms with Crippen molar-refractivity contribution in [3.05, 3.63) is 21.9 Å². The Kier molecular flexibility index (Phi) is 4.23. The van der Waals surface area contributed by atoms with Crippen LogP contribution in [0.1, 0.15) is 30.0 Å². The summed E-state index contributed by atoms with van der Waals surface area (Å²) in [6.45, 7) is 12.8. The van der Waals surface area contributed by atoms with E-state index in [1.807, 2.05) is 11.3 Å². The average Bonchev–Trinajstić information content (AvgIpc) is 2.80. The number of hydrogen-bond acceptors (Lipinski definition) is 3. The molecule has 0 amide bonds. The van der Waals surface area contributed by atoms with E-state index in [4.69, 9.17) is 0 Å². The lowest BCUT2D eigenvalue weighted by atomic mass is 9.93. The molecule has 2 rings (SSSR count). The molecular weight excluding hydrogens is 228 g/mol. The summed E-state index contributed by atoms with van der Waals surface area (Å²) in [4.78, 5) is 5.43. The maximum Gasteiger partial charge on any atom is 0.0300 e. The highest BCUT2D eigenvalue weighted by atomic mass is 32.1. The summed E-state index contributed by atoms with van der Waals surface area (Å²) in [5, 5.41) is 3.54. The van der Waals surface area contributed by atoms with Gasteiger partial charge < -0.3 is 10.2 Å². The van der Waals surface area contributed by atoms with Crippen LogP contribution >= 0.6 is 11.3 Å². The quantitative estimate of drug-likeness (QED) is 0.811. The van der Waals surface area contributed by atoms with Crippen LogP contribution < -0.4 is 5.32 Å². The molecule has 1 aliphatic rings. The Hall–Kier alpha value is -0.380. The van der Waals surface area contributed by atoms with Crippen LogP contribution in [-0.4, -0.2) is 31.1 Å². The van der Waals surface area contributed by atoms with E-state index >= 15 is 0 Å². The minimum atomic E-state index is 0.533. The van der Waals surface area contributed by atoms with E-state index in [0.717, 1.165) is 13.1 Å². The highest BCUT2D eigenvalue weighted by Crippen LogP contribution is 2.28. The second kappa shape index (κ2) is 5.51. The van der Waals surface area contributed by atoms with Crippen molar-refractivity contribution in [1.29, 1.82) is 0 Å². The third-order valence-corrected chi connectivity index (χ3v) is 4.46. The van der Waals surface area contributed by atoms with Crippen LogP contribution in [0.2, 0.25) is 0 Å². The summed E-state index contributed by atoms with van der Waals surface area (Å²) in [6, 6.07) is 4.43. The molecule has 2 heterocycles. The Morgan fingerprint density at radius 3 is 2.82 bits per heavy atom. The SMILES string of the molecule is Cc1ccc(CNCCN2CCC(C)(C)C2)s1. The van der Waals surface area contributed by atoms with Crippen LogP contribution in [0, 0.1) is 12.3 Å². The number of likely N-dealkylation sites (tertiary alicyclic amines) is 1. The Balaban J connectivity index is 1.61. The van der Waals surface area contributed by atoms with Gasteiger partial charge in [-0.25, -0.2) is 0 Å². The van der Waals surface area contributed by atoms with E-state index in [9.17, 15) is 0 Å². The maximum absolute atomic E-state index is 3.54. The fourth-order valence-electron chi connectivity index (χ4n) is 2.44. The standard InChI is InChI=1S/C14H24N2S/c1-12-4-5-13(17-12)10-15-7-9-16-8-6-14(2,3)11-16/h4-5,15H,6-11H2,1-3H3. The van der Waals surface area contributed by atoms with Crippen molar-refractivity contribution in [1.82, 2.24) is 10.2 Å². The number of aryl methyl sites for hydroxylation is 1.